The van der Waals surface area contributed by atoms with Gasteiger partial charge in [-0.05, 0) is 96.1 Å². The number of nitrogens with zero attached hydrogens (tertiary/aromatic N) is 6. The normalized spacial score (nSPS) is 32.5. The number of hydrogen-bond acceptors (Lipinski definition) is 6. The third-order valence-corrected chi connectivity index (χ3v) is 12.8. The summed E-state index contributed by atoms with van der Waals surface area (Å²) in [5, 5.41) is 0. The molecule has 4 atom stereocenters. The zero-order chi connectivity index (χ0) is 33.0. The molecule has 0 N–H and O–H groups in total. The molecule has 0 amide bonds. The molecule has 2 unspecified atom stereocenters. The summed E-state index contributed by atoms with van der Waals surface area (Å²) in [4.78, 5) is 16.7. The topological polar surface area (TPSA) is 19.4 Å². The fourth-order valence-electron chi connectivity index (χ4n) is 10.1. The second-order valence-corrected chi connectivity index (χ2v) is 20.6. The van der Waals surface area contributed by atoms with Crippen molar-refractivity contribution in [2.75, 3.05) is 91.6 Å². The summed E-state index contributed by atoms with van der Waals surface area (Å²) in [5.41, 5.74) is 1.98. The lowest BCUT2D eigenvalue weighted by Gasteiger charge is -2.66. The van der Waals surface area contributed by atoms with E-state index in [1.165, 1.54) is 117 Å². The van der Waals surface area contributed by atoms with Crippen LogP contribution in [0.2, 0.25) is 0 Å². The Kier molecular flexibility index (Phi) is 10.6. The van der Waals surface area contributed by atoms with Gasteiger partial charge in [-0.2, -0.15) is 0 Å². The van der Waals surface area contributed by atoms with Crippen LogP contribution < -0.4 is 0 Å². The van der Waals surface area contributed by atoms with E-state index in [2.05, 4.69) is 112 Å². The summed E-state index contributed by atoms with van der Waals surface area (Å²) < 4.78 is 0. The zero-order valence-corrected chi connectivity index (χ0v) is 32.2. The molecular formula is C39H76N6. The first kappa shape index (κ1) is 36.1. The van der Waals surface area contributed by atoms with Gasteiger partial charge in [-0.3, -0.25) is 19.6 Å². The van der Waals surface area contributed by atoms with Gasteiger partial charge in [-0.15, -0.1) is 0 Å². The maximum Gasteiger partial charge on any atom is 0.0212 e. The molecule has 6 heteroatoms. The first-order valence-corrected chi connectivity index (χ1v) is 19.2. The summed E-state index contributed by atoms with van der Waals surface area (Å²) in [5.74, 6) is 1.57. The lowest BCUT2D eigenvalue weighted by Crippen LogP contribution is -2.77. The Morgan fingerprint density at radius 3 is 1.56 bits per heavy atom. The van der Waals surface area contributed by atoms with E-state index in [1.807, 2.05) is 0 Å². The minimum atomic E-state index is 0.305. The van der Waals surface area contributed by atoms with Crippen LogP contribution in [0.15, 0.2) is 0 Å². The SMILES string of the molecule is C[C@@H]1CN(CC(C)(C)CCC(C)(C)N2CC3(CN(C4CCN(CC(C)(C)C)C[C@@H]4C)C3)C2)CCC1N1CCN(C(C)(C)C)CC1. The second kappa shape index (κ2) is 13.2. The first-order valence-electron chi connectivity index (χ1n) is 19.2. The van der Waals surface area contributed by atoms with E-state index in [0.717, 1.165) is 23.9 Å². The average molecular weight is 629 g/mol. The van der Waals surface area contributed by atoms with Crippen molar-refractivity contribution in [1.29, 1.82) is 0 Å². The van der Waals surface area contributed by atoms with E-state index in [1.54, 1.807) is 0 Å². The number of piperazine rings is 1. The molecule has 0 radical (unpaired) electrons. The van der Waals surface area contributed by atoms with Crippen LogP contribution in [0.3, 0.4) is 0 Å². The molecule has 5 aliphatic rings. The maximum absolute atomic E-state index is 2.86. The van der Waals surface area contributed by atoms with Gasteiger partial charge < -0.3 is 9.80 Å². The van der Waals surface area contributed by atoms with E-state index in [-0.39, 0.29) is 0 Å². The molecule has 0 aromatic heterocycles. The van der Waals surface area contributed by atoms with Gasteiger partial charge in [-0.25, -0.2) is 0 Å². The first-order chi connectivity index (χ1) is 20.7. The van der Waals surface area contributed by atoms with E-state index in [0.29, 0.717) is 27.3 Å². The Balaban J connectivity index is 1.00. The van der Waals surface area contributed by atoms with Gasteiger partial charge in [-0.1, -0.05) is 48.5 Å². The molecule has 5 rings (SSSR count). The summed E-state index contributed by atoms with van der Waals surface area (Å²) in [6.07, 6.45) is 5.35. The third kappa shape index (κ3) is 8.87. The maximum atomic E-state index is 2.86. The molecular weight excluding hydrogens is 552 g/mol. The standard InChI is InChI=1S/C39H76N6/c1-31-24-41(18-13-33(31)42-19-21-44(22-20-42)36(6,7)8)26-37(9,10)15-16-38(11,12)45-29-39(30-45)27-43(28-39)34-14-17-40(23-32(34)2)25-35(3,4)5/h31-34H,13-30H2,1-12H3/t31-,32+,33?,34?/m1/s1. The van der Waals surface area contributed by atoms with Crippen LogP contribution >= 0.6 is 0 Å². The third-order valence-electron chi connectivity index (χ3n) is 12.8. The quantitative estimate of drug-likeness (QED) is 0.307. The number of rotatable bonds is 9. The molecule has 0 aromatic rings. The predicted molar refractivity (Wildman–Crippen MR) is 193 cm³/mol. The second-order valence-electron chi connectivity index (χ2n) is 20.6. The van der Waals surface area contributed by atoms with Gasteiger partial charge in [0.25, 0.3) is 0 Å². The summed E-state index contributed by atoms with van der Waals surface area (Å²) in [6, 6.07) is 1.58. The van der Waals surface area contributed by atoms with E-state index in [9.17, 15) is 0 Å². The molecule has 0 aromatic carbocycles. The minimum absolute atomic E-state index is 0.305. The summed E-state index contributed by atoms with van der Waals surface area (Å²) in [6.45, 7) is 47.4. The van der Waals surface area contributed by atoms with Crippen molar-refractivity contribution < 1.29 is 0 Å². The fourth-order valence-corrected chi connectivity index (χ4v) is 10.1. The molecule has 6 nitrogen and oxygen atoms in total. The zero-order valence-electron chi connectivity index (χ0n) is 32.2. The van der Waals surface area contributed by atoms with Crippen LogP contribution in [0, 0.1) is 28.1 Å². The van der Waals surface area contributed by atoms with Gasteiger partial charge in [0.1, 0.15) is 0 Å². The Hall–Kier alpha value is -0.240. The van der Waals surface area contributed by atoms with Crippen molar-refractivity contribution in [2.24, 2.45) is 28.1 Å². The van der Waals surface area contributed by atoms with Crippen LogP contribution in [0.4, 0.5) is 0 Å². The lowest BCUT2D eigenvalue weighted by atomic mass is 9.68. The van der Waals surface area contributed by atoms with Crippen molar-refractivity contribution in [1.82, 2.24) is 29.4 Å². The van der Waals surface area contributed by atoms with Crippen LogP contribution in [0.1, 0.15) is 109 Å². The van der Waals surface area contributed by atoms with E-state index < -0.39 is 0 Å². The Labute approximate surface area is 280 Å². The highest BCUT2D eigenvalue weighted by Crippen LogP contribution is 2.46. The molecule has 262 valence electrons. The molecule has 5 fully saturated rings. The highest BCUT2D eigenvalue weighted by molar-refractivity contribution is 5.11. The largest absolute Gasteiger partial charge is 0.302 e. The van der Waals surface area contributed by atoms with Crippen molar-refractivity contribution in [2.45, 2.75) is 132 Å². The highest BCUT2D eigenvalue weighted by atomic mass is 15.4. The molecule has 1 spiro atoms. The Morgan fingerprint density at radius 1 is 0.556 bits per heavy atom. The Bertz CT molecular complexity index is 955. The van der Waals surface area contributed by atoms with E-state index in [4.69, 9.17) is 0 Å². The van der Waals surface area contributed by atoms with Gasteiger partial charge >= 0.3 is 0 Å². The van der Waals surface area contributed by atoms with Crippen LogP contribution in [-0.2, 0) is 0 Å². The van der Waals surface area contributed by atoms with Crippen molar-refractivity contribution in [3.63, 3.8) is 0 Å². The highest BCUT2D eigenvalue weighted by Gasteiger charge is 2.56. The molecule has 0 bridgehead atoms. The smallest absolute Gasteiger partial charge is 0.0212 e. The van der Waals surface area contributed by atoms with Crippen LogP contribution in [-0.4, -0.2) is 144 Å². The molecule has 5 aliphatic heterocycles. The van der Waals surface area contributed by atoms with Crippen LogP contribution in [0.25, 0.3) is 0 Å². The van der Waals surface area contributed by atoms with Gasteiger partial charge in [0, 0.05) is 107 Å². The molecule has 0 saturated carbocycles. The van der Waals surface area contributed by atoms with Gasteiger partial charge in [0.15, 0.2) is 0 Å². The van der Waals surface area contributed by atoms with Gasteiger partial charge in [0.05, 0.1) is 0 Å². The van der Waals surface area contributed by atoms with Crippen LogP contribution in [0.5, 0.6) is 0 Å². The lowest BCUT2D eigenvalue weighted by molar-refractivity contribution is -0.171. The monoisotopic (exact) mass is 629 g/mol. The van der Waals surface area contributed by atoms with E-state index >= 15 is 0 Å². The predicted octanol–water partition coefficient (Wildman–Crippen LogP) is 6.07. The number of hydrogen-bond donors (Lipinski definition) is 0. The summed E-state index contributed by atoms with van der Waals surface area (Å²) in [7, 11) is 0. The van der Waals surface area contributed by atoms with Crippen molar-refractivity contribution >= 4 is 0 Å². The minimum Gasteiger partial charge on any atom is -0.302 e. The molecule has 0 aliphatic carbocycles. The molecule has 5 saturated heterocycles. The van der Waals surface area contributed by atoms with Crippen molar-refractivity contribution in [3.8, 4) is 0 Å². The average Bonchev–Trinajstić information content (AvgIpc) is 2.85. The summed E-state index contributed by atoms with van der Waals surface area (Å²) >= 11 is 0. The molecule has 5 heterocycles. The Morgan fingerprint density at radius 2 is 1.07 bits per heavy atom. The molecule has 45 heavy (non-hydrogen) atoms. The van der Waals surface area contributed by atoms with Gasteiger partial charge in [0.2, 0.25) is 0 Å². The number of likely N-dealkylation sites (tertiary alicyclic amines) is 4. The van der Waals surface area contributed by atoms with Crippen molar-refractivity contribution in [3.05, 3.63) is 0 Å². The number of piperidine rings is 2. The fraction of sp³-hybridized carbons (Fsp3) is 1.00.